The maximum absolute atomic E-state index is 9.53. The molecule has 2 aromatic heterocycles. The number of methoxy groups -OCH3 is 1. The Morgan fingerprint density at radius 3 is 2.60 bits per heavy atom. The lowest BCUT2D eigenvalue weighted by molar-refractivity contribution is 0.283. The Morgan fingerprint density at radius 1 is 1.28 bits per heavy atom. The SMILES string of the molecule is CCCCOc1cc(C(C#N)=Cc2c(Cl)cncc2Cl)cnc1OC. The predicted molar refractivity (Wildman–Crippen MR) is 98.9 cm³/mol. The molecule has 0 unspecified atom stereocenters. The monoisotopic (exact) mass is 377 g/mol. The van der Waals surface area contributed by atoms with E-state index in [0.717, 1.165) is 12.8 Å². The Hall–Kier alpha value is -2.29. The molecule has 0 N–H and O–H groups in total. The number of hydrogen-bond donors (Lipinski definition) is 0. The van der Waals surface area contributed by atoms with Crippen molar-refractivity contribution in [1.82, 2.24) is 9.97 Å². The topological polar surface area (TPSA) is 68.0 Å². The van der Waals surface area contributed by atoms with Crippen molar-refractivity contribution in [3.63, 3.8) is 0 Å². The van der Waals surface area contributed by atoms with Crippen LogP contribution in [0, 0.1) is 11.3 Å². The summed E-state index contributed by atoms with van der Waals surface area (Å²) in [5.41, 5.74) is 1.46. The minimum Gasteiger partial charge on any atom is -0.488 e. The molecule has 0 saturated heterocycles. The van der Waals surface area contributed by atoms with Crippen LogP contribution in [0.5, 0.6) is 11.6 Å². The molecule has 0 aliphatic rings. The second-order valence-electron chi connectivity index (χ2n) is 5.12. The van der Waals surface area contributed by atoms with Crippen molar-refractivity contribution in [3.8, 4) is 17.7 Å². The van der Waals surface area contributed by atoms with E-state index >= 15 is 0 Å². The van der Waals surface area contributed by atoms with Crippen LogP contribution in [-0.2, 0) is 0 Å². The van der Waals surface area contributed by atoms with Crippen LogP contribution >= 0.6 is 23.2 Å². The number of aromatic nitrogens is 2. The van der Waals surface area contributed by atoms with Gasteiger partial charge in [0.15, 0.2) is 5.75 Å². The van der Waals surface area contributed by atoms with Crippen LogP contribution in [0.2, 0.25) is 10.0 Å². The fourth-order valence-electron chi connectivity index (χ4n) is 2.05. The molecule has 5 nitrogen and oxygen atoms in total. The smallest absolute Gasteiger partial charge is 0.256 e. The molecule has 0 saturated carbocycles. The van der Waals surface area contributed by atoms with Crippen molar-refractivity contribution in [1.29, 1.82) is 5.26 Å². The Bertz CT molecular complexity index is 796. The number of hydrogen-bond acceptors (Lipinski definition) is 5. The van der Waals surface area contributed by atoms with Gasteiger partial charge in [-0.05, 0) is 18.6 Å². The summed E-state index contributed by atoms with van der Waals surface area (Å²) in [6.45, 7) is 2.62. The van der Waals surface area contributed by atoms with Gasteiger partial charge in [-0.15, -0.1) is 0 Å². The predicted octanol–water partition coefficient (Wildman–Crippen LogP) is 5.04. The van der Waals surface area contributed by atoms with E-state index in [1.165, 1.54) is 19.5 Å². The maximum Gasteiger partial charge on any atom is 0.256 e. The summed E-state index contributed by atoms with van der Waals surface area (Å²) >= 11 is 12.2. The maximum atomic E-state index is 9.53. The molecule has 0 aliphatic heterocycles. The highest BCUT2D eigenvalue weighted by Gasteiger charge is 2.12. The fraction of sp³-hybridized carbons (Fsp3) is 0.278. The van der Waals surface area contributed by atoms with Gasteiger partial charge in [0, 0.05) is 29.7 Å². The highest BCUT2D eigenvalue weighted by molar-refractivity contribution is 6.37. The average molecular weight is 378 g/mol. The van der Waals surface area contributed by atoms with Gasteiger partial charge in [-0.25, -0.2) is 4.98 Å². The zero-order chi connectivity index (χ0) is 18.2. The van der Waals surface area contributed by atoms with Gasteiger partial charge >= 0.3 is 0 Å². The molecule has 0 amide bonds. The average Bonchev–Trinajstić information content (AvgIpc) is 2.62. The quantitative estimate of drug-likeness (QED) is 0.499. The molecule has 7 heteroatoms. The lowest BCUT2D eigenvalue weighted by Crippen LogP contribution is -2.01. The van der Waals surface area contributed by atoms with Crippen LogP contribution in [0.4, 0.5) is 0 Å². The Balaban J connectivity index is 2.42. The highest BCUT2D eigenvalue weighted by atomic mass is 35.5. The summed E-state index contributed by atoms with van der Waals surface area (Å²) in [6.07, 6.45) is 8.02. The third-order valence-electron chi connectivity index (χ3n) is 3.38. The molecular formula is C18H17Cl2N3O2. The van der Waals surface area contributed by atoms with Gasteiger partial charge in [-0.3, -0.25) is 4.98 Å². The van der Waals surface area contributed by atoms with Crippen LogP contribution < -0.4 is 9.47 Å². The molecule has 2 rings (SSSR count). The van der Waals surface area contributed by atoms with Gasteiger partial charge in [0.1, 0.15) is 0 Å². The number of pyridine rings is 2. The summed E-state index contributed by atoms with van der Waals surface area (Å²) in [5.74, 6) is 0.860. The third kappa shape index (κ3) is 4.85. The van der Waals surface area contributed by atoms with Gasteiger partial charge in [-0.2, -0.15) is 5.26 Å². The normalized spacial score (nSPS) is 11.1. The van der Waals surface area contributed by atoms with Crippen molar-refractivity contribution in [2.75, 3.05) is 13.7 Å². The first-order valence-corrected chi connectivity index (χ1v) is 8.44. The van der Waals surface area contributed by atoms with E-state index in [-0.39, 0.29) is 0 Å². The lowest BCUT2D eigenvalue weighted by atomic mass is 10.1. The number of halogens is 2. The first-order chi connectivity index (χ1) is 12.1. The number of nitriles is 1. The molecule has 0 aliphatic carbocycles. The molecule has 0 fully saturated rings. The molecule has 2 heterocycles. The van der Waals surface area contributed by atoms with E-state index in [4.69, 9.17) is 32.7 Å². The number of rotatable bonds is 7. The van der Waals surface area contributed by atoms with E-state index in [2.05, 4.69) is 23.0 Å². The Kier molecular flexibility index (Phi) is 7.05. The Morgan fingerprint density at radius 2 is 2.00 bits per heavy atom. The summed E-state index contributed by atoms with van der Waals surface area (Å²) < 4.78 is 10.9. The number of allylic oxidation sites excluding steroid dienone is 1. The fourth-order valence-corrected chi connectivity index (χ4v) is 2.52. The largest absolute Gasteiger partial charge is 0.488 e. The van der Waals surface area contributed by atoms with Gasteiger partial charge < -0.3 is 9.47 Å². The van der Waals surface area contributed by atoms with Crippen molar-refractivity contribution < 1.29 is 9.47 Å². The summed E-state index contributed by atoms with van der Waals surface area (Å²) in [7, 11) is 1.52. The van der Waals surface area contributed by atoms with E-state index in [1.807, 2.05) is 0 Å². The van der Waals surface area contributed by atoms with Crippen LogP contribution in [0.1, 0.15) is 30.9 Å². The van der Waals surface area contributed by atoms with Crippen LogP contribution in [-0.4, -0.2) is 23.7 Å². The third-order valence-corrected chi connectivity index (χ3v) is 3.98. The molecule has 0 bridgehead atoms. The first-order valence-electron chi connectivity index (χ1n) is 7.68. The van der Waals surface area contributed by atoms with Crippen LogP contribution in [0.25, 0.3) is 11.6 Å². The molecular weight excluding hydrogens is 361 g/mol. The van der Waals surface area contributed by atoms with Crippen molar-refractivity contribution >= 4 is 34.9 Å². The van der Waals surface area contributed by atoms with E-state index < -0.39 is 0 Å². The second kappa shape index (κ2) is 9.26. The van der Waals surface area contributed by atoms with Crippen molar-refractivity contribution in [2.24, 2.45) is 0 Å². The van der Waals surface area contributed by atoms with E-state index in [0.29, 0.717) is 45.0 Å². The standard InChI is InChI=1S/C18H17Cl2N3O2/c1-3-4-5-25-17-7-13(9-23-18(17)24-2)12(8-21)6-14-15(19)10-22-11-16(14)20/h6-7,9-11H,3-5H2,1-2H3. The number of unbranched alkanes of at least 4 members (excludes halogenated alkanes) is 1. The molecule has 2 aromatic rings. The minimum absolute atomic E-state index is 0.352. The van der Waals surface area contributed by atoms with E-state index in [9.17, 15) is 5.26 Å². The van der Waals surface area contributed by atoms with Crippen LogP contribution in [0.15, 0.2) is 24.7 Å². The Labute approximate surface area is 156 Å². The van der Waals surface area contributed by atoms with Gasteiger partial charge in [-0.1, -0.05) is 36.5 Å². The van der Waals surface area contributed by atoms with Gasteiger partial charge in [0.2, 0.25) is 0 Å². The number of ether oxygens (including phenoxy) is 2. The zero-order valence-corrected chi connectivity index (χ0v) is 15.4. The summed E-state index contributed by atoms with van der Waals surface area (Å²) in [4.78, 5) is 8.12. The molecule has 130 valence electrons. The number of nitrogens with zero attached hydrogens (tertiary/aromatic N) is 3. The highest BCUT2D eigenvalue weighted by Crippen LogP contribution is 2.31. The van der Waals surface area contributed by atoms with Crippen LogP contribution in [0.3, 0.4) is 0 Å². The first kappa shape index (κ1) is 19.0. The molecule has 0 atom stereocenters. The molecule has 25 heavy (non-hydrogen) atoms. The lowest BCUT2D eigenvalue weighted by Gasteiger charge is -2.11. The minimum atomic E-state index is 0.352. The second-order valence-corrected chi connectivity index (χ2v) is 5.93. The molecule has 0 spiro atoms. The van der Waals surface area contributed by atoms with Gasteiger partial charge in [0.25, 0.3) is 5.88 Å². The summed E-state index contributed by atoms with van der Waals surface area (Å²) in [6, 6.07) is 3.86. The van der Waals surface area contributed by atoms with E-state index in [1.54, 1.807) is 18.3 Å². The summed E-state index contributed by atoms with van der Waals surface area (Å²) in [5, 5.41) is 10.3. The van der Waals surface area contributed by atoms with Crippen molar-refractivity contribution in [3.05, 3.63) is 45.8 Å². The molecule has 0 aromatic carbocycles. The van der Waals surface area contributed by atoms with Gasteiger partial charge in [0.05, 0.1) is 35.4 Å². The zero-order valence-electron chi connectivity index (χ0n) is 13.9. The molecule has 0 radical (unpaired) electrons. The van der Waals surface area contributed by atoms with Crippen molar-refractivity contribution in [2.45, 2.75) is 19.8 Å².